The van der Waals surface area contributed by atoms with Gasteiger partial charge in [0.1, 0.15) is 0 Å². The number of piperidine rings is 1. The van der Waals surface area contributed by atoms with Crippen molar-refractivity contribution in [2.45, 2.75) is 40.0 Å². The first-order chi connectivity index (χ1) is 11.7. The SMILES string of the molecule is CCN1CC[C@@]2(CN(C(C)=O)CC23CCN(S(=O)(=O)CC)CC3)C1=O. The van der Waals surface area contributed by atoms with Gasteiger partial charge < -0.3 is 9.80 Å². The first kappa shape index (κ1) is 18.6. The van der Waals surface area contributed by atoms with Crippen LogP contribution < -0.4 is 0 Å². The molecule has 3 fully saturated rings. The summed E-state index contributed by atoms with van der Waals surface area (Å²) >= 11 is 0. The number of likely N-dealkylation sites (tertiary alicyclic amines) is 2. The van der Waals surface area contributed by atoms with Gasteiger partial charge in [0.2, 0.25) is 21.8 Å². The van der Waals surface area contributed by atoms with Gasteiger partial charge in [-0.15, -0.1) is 0 Å². The van der Waals surface area contributed by atoms with Gasteiger partial charge in [-0.25, -0.2) is 12.7 Å². The quantitative estimate of drug-likeness (QED) is 0.725. The van der Waals surface area contributed by atoms with Gasteiger partial charge >= 0.3 is 0 Å². The summed E-state index contributed by atoms with van der Waals surface area (Å²) in [4.78, 5) is 28.9. The fraction of sp³-hybridized carbons (Fsp3) is 0.882. The van der Waals surface area contributed by atoms with Crippen molar-refractivity contribution in [3.05, 3.63) is 0 Å². The number of sulfonamides is 1. The van der Waals surface area contributed by atoms with E-state index in [1.165, 1.54) is 0 Å². The molecule has 3 heterocycles. The summed E-state index contributed by atoms with van der Waals surface area (Å²) < 4.78 is 25.9. The summed E-state index contributed by atoms with van der Waals surface area (Å²) in [5.41, 5.74) is -0.823. The average Bonchev–Trinajstić information content (AvgIpc) is 3.08. The van der Waals surface area contributed by atoms with Crippen LogP contribution >= 0.6 is 0 Å². The molecule has 0 bridgehead atoms. The number of hydrogen-bond donors (Lipinski definition) is 0. The van der Waals surface area contributed by atoms with E-state index in [4.69, 9.17) is 0 Å². The summed E-state index contributed by atoms with van der Waals surface area (Å²) in [5, 5.41) is 0. The van der Waals surface area contributed by atoms with Crippen molar-refractivity contribution < 1.29 is 18.0 Å². The average molecular weight is 372 g/mol. The maximum absolute atomic E-state index is 13.2. The molecule has 25 heavy (non-hydrogen) atoms. The molecule has 3 aliphatic rings. The third-order valence-corrected chi connectivity index (χ3v) is 8.62. The summed E-state index contributed by atoms with van der Waals surface area (Å²) in [6.45, 7) is 8.58. The monoisotopic (exact) mass is 371 g/mol. The molecule has 0 N–H and O–H groups in total. The van der Waals surface area contributed by atoms with Crippen molar-refractivity contribution in [3.8, 4) is 0 Å². The van der Waals surface area contributed by atoms with Crippen molar-refractivity contribution in [2.24, 2.45) is 10.8 Å². The molecule has 0 aromatic heterocycles. The number of nitrogens with zero attached hydrogens (tertiary/aromatic N) is 3. The van der Waals surface area contributed by atoms with Crippen LogP contribution in [0.4, 0.5) is 0 Å². The zero-order valence-corrected chi connectivity index (χ0v) is 16.3. The molecule has 0 aromatic rings. The molecule has 8 heteroatoms. The molecule has 7 nitrogen and oxygen atoms in total. The lowest BCUT2D eigenvalue weighted by atomic mass is 9.60. The van der Waals surface area contributed by atoms with Crippen LogP contribution in [0.25, 0.3) is 0 Å². The number of carbonyl (C=O) groups is 2. The molecule has 3 rings (SSSR count). The first-order valence-electron chi connectivity index (χ1n) is 9.24. The molecular formula is C17H29N3O4S. The van der Waals surface area contributed by atoms with E-state index in [0.29, 0.717) is 45.6 Å². The number of amides is 2. The first-order valence-corrected chi connectivity index (χ1v) is 10.8. The smallest absolute Gasteiger partial charge is 0.231 e. The molecule has 3 aliphatic heterocycles. The van der Waals surface area contributed by atoms with Gasteiger partial charge in [0.25, 0.3) is 0 Å². The molecule has 142 valence electrons. The molecule has 1 atom stereocenters. The summed E-state index contributed by atoms with van der Waals surface area (Å²) in [6.07, 6.45) is 2.07. The second-order valence-electron chi connectivity index (χ2n) is 7.67. The number of hydrogen-bond acceptors (Lipinski definition) is 4. The highest BCUT2D eigenvalue weighted by molar-refractivity contribution is 7.89. The summed E-state index contributed by atoms with van der Waals surface area (Å²) in [7, 11) is -3.20. The fourth-order valence-electron chi connectivity index (χ4n) is 5.08. The van der Waals surface area contributed by atoms with Crippen molar-refractivity contribution in [1.29, 1.82) is 0 Å². The lowest BCUT2D eigenvalue weighted by molar-refractivity contribution is -0.141. The van der Waals surface area contributed by atoms with Gasteiger partial charge in [-0.05, 0) is 33.1 Å². The van der Waals surface area contributed by atoms with Crippen molar-refractivity contribution in [2.75, 3.05) is 45.0 Å². The van der Waals surface area contributed by atoms with Crippen LogP contribution in [-0.4, -0.2) is 79.4 Å². The summed E-state index contributed by atoms with van der Waals surface area (Å²) in [5.74, 6) is 0.265. The maximum Gasteiger partial charge on any atom is 0.231 e. The van der Waals surface area contributed by atoms with Gasteiger partial charge in [-0.3, -0.25) is 9.59 Å². The predicted molar refractivity (Wildman–Crippen MR) is 94.3 cm³/mol. The minimum Gasteiger partial charge on any atom is -0.342 e. The largest absolute Gasteiger partial charge is 0.342 e. The topological polar surface area (TPSA) is 78.0 Å². The Kier molecular flexibility index (Phi) is 4.64. The van der Waals surface area contributed by atoms with Crippen molar-refractivity contribution >= 4 is 21.8 Å². The molecule has 0 aliphatic carbocycles. The van der Waals surface area contributed by atoms with E-state index in [9.17, 15) is 18.0 Å². The third-order valence-electron chi connectivity index (χ3n) is 6.74. The highest BCUT2D eigenvalue weighted by Crippen LogP contribution is 2.57. The van der Waals surface area contributed by atoms with E-state index in [1.54, 1.807) is 23.1 Å². The standard InChI is InChI=1S/C17H29N3O4S/c1-4-18-9-8-17(15(18)22)13-19(14(3)21)12-16(17)6-10-20(11-7-16)25(23,24)5-2/h4-13H2,1-3H3/t17-/m1/s1. The van der Waals surface area contributed by atoms with Gasteiger partial charge in [-0.2, -0.15) is 0 Å². The van der Waals surface area contributed by atoms with Gasteiger partial charge in [0.15, 0.2) is 0 Å². The van der Waals surface area contributed by atoms with Crippen LogP contribution in [0.2, 0.25) is 0 Å². The Labute approximate surface area is 150 Å². The Hall–Kier alpha value is -1.15. The van der Waals surface area contributed by atoms with E-state index >= 15 is 0 Å². The fourth-order valence-corrected chi connectivity index (χ4v) is 6.18. The van der Waals surface area contributed by atoms with E-state index in [1.807, 2.05) is 11.8 Å². The Morgan fingerprint density at radius 3 is 2.20 bits per heavy atom. The maximum atomic E-state index is 13.2. The Morgan fingerprint density at radius 1 is 1.08 bits per heavy atom. The normalized spacial score (nSPS) is 30.0. The van der Waals surface area contributed by atoms with Crippen LogP contribution in [0.3, 0.4) is 0 Å². The van der Waals surface area contributed by atoms with E-state index in [2.05, 4.69) is 0 Å². The number of rotatable bonds is 3. The zero-order chi connectivity index (χ0) is 18.5. The molecule has 0 unspecified atom stereocenters. The lowest BCUT2D eigenvalue weighted by Crippen LogP contribution is -2.53. The van der Waals surface area contributed by atoms with E-state index in [-0.39, 0.29) is 23.0 Å². The lowest BCUT2D eigenvalue weighted by Gasteiger charge is -2.46. The van der Waals surface area contributed by atoms with Crippen molar-refractivity contribution in [1.82, 2.24) is 14.1 Å². The second kappa shape index (κ2) is 6.23. The summed E-state index contributed by atoms with van der Waals surface area (Å²) in [6, 6.07) is 0. The third kappa shape index (κ3) is 2.68. The van der Waals surface area contributed by atoms with Gasteiger partial charge in [-0.1, -0.05) is 0 Å². The van der Waals surface area contributed by atoms with Crippen LogP contribution in [0, 0.1) is 10.8 Å². The molecular weight excluding hydrogens is 342 g/mol. The van der Waals surface area contributed by atoms with Crippen LogP contribution in [0.1, 0.15) is 40.0 Å². The minimum atomic E-state index is -3.20. The molecule has 0 aromatic carbocycles. The highest BCUT2D eigenvalue weighted by Gasteiger charge is 2.65. The zero-order valence-electron chi connectivity index (χ0n) is 15.5. The Bertz CT molecular complexity index is 669. The van der Waals surface area contributed by atoms with Crippen LogP contribution in [0.15, 0.2) is 0 Å². The minimum absolute atomic E-state index is 0.00241. The Balaban J connectivity index is 1.91. The molecule has 0 radical (unpaired) electrons. The molecule has 3 saturated heterocycles. The Morgan fingerprint density at radius 2 is 1.72 bits per heavy atom. The predicted octanol–water partition coefficient (Wildman–Crippen LogP) is 0.519. The molecule has 0 saturated carbocycles. The van der Waals surface area contributed by atoms with Gasteiger partial charge in [0, 0.05) is 51.6 Å². The van der Waals surface area contributed by atoms with E-state index in [0.717, 1.165) is 13.0 Å². The van der Waals surface area contributed by atoms with E-state index < -0.39 is 15.4 Å². The van der Waals surface area contributed by atoms with Crippen LogP contribution in [0.5, 0.6) is 0 Å². The molecule has 2 spiro atoms. The van der Waals surface area contributed by atoms with Gasteiger partial charge in [0.05, 0.1) is 11.2 Å². The number of carbonyl (C=O) groups excluding carboxylic acids is 2. The highest BCUT2D eigenvalue weighted by atomic mass is 32.2. The van der Waals surface area contributed by atoms with Crippen molar-refractivity contribution in [3.63, 3.8) is 0 Å². The van der Waals surface area contributed by atoms with Crippen LogP contribution in [-0.2, 0) is 19.6 Å². The molecule has 2 amide bonds. The number of fused-ring (bicyclic) bond motifs is 1. The second-order valence-corrected chi connectivity index (χ2v) is 9.93.